The molecule has 1 heterocycles. The number of carbonyl (C=O) groups is 2. The molecule has 0 bridgehead atoms. The number of benzene rings is 2. The zero-order chi connectivity index (χ0) is 30.2. The summed E-state index contributed by atoms with van der Waals surface area (Å²) in [5.74, 6) is -4.11. The van der Waals surface area contributed by atoms with E-state index < -0.39 is 41.6 Å². The van der Waals surface area contributed by atoms with Gasteiger partial charge in [0.05, 0.1) is 36.6 Å². The minimum absolute atomic E-state index is 0.118. The molecule has 0 radical (unpaired) electrons. The third kappa shape index (κ3) is 9.52. The van der Waals surface area contributed by atoms with Gasteiger partial charge >= 0.3 is 6.18 Å². The summed E-state index contributed by atoms with van der Waals surface area (Å²) in [7, 11) is 1.48. The molecule has 1 saturated heterocycles. The van der Waals surface area contributed by atoms with Crippen LogP contribution < -0.4 is 15.5 Å². The predicted molar refractivity (Wildman–Crippen MR) is 144 cm³/mol. The number of hydrogen-bond acceptors (Lipinski definition) is 6. The van der Waals surface area contributed by atoms with Gasteiger partial charge in [0.15, 0.2) is 11.6 Å². The predicted octanol–water partition coefficient (Wildman–Crippen LogP) is 4.61. The molecular formula is C27H32ClF5N4O4. The van der Waals surface area contributed by atoms with Crippen molar-refractivity contribution in [2.75, 3.05) is 63.3 Å². The summed E-state index contributed by atoms with van der Waals surface area (Å²) in [4.78, 5) is 28.4. The van der Waals surface area contributed by atoms with E-state index in [0.717, 1.165) is 6.07 Å². The lowest BCUT2D eigenvalue weighted by Gasteiger charge is -2.42. The molecule has 0 saturated carbocycles. The Labute approximate surface area is 239 Å². The van der Waals surface area contributed by atoms with Crippen molar-refractivity contribution in [3.05, 3.63) is 58.1 Å². The second kappa shape index (κ2) is 14.8. The quantitative estimate of drug-likeness (QED) is 0.271. The van der Waals surface area contributed by atoms with Gasteiger partial charge < -0.3 is 25.0 Å². The lowest BCUT2D eigenvalue weighted by molar-refractivity contribution is -0.138. The molecule has 1 aliphatic rings. The SMILES string of the molecule is COCCOCC(=O)NCc1ccc(C(=O)Nc2ccc(Cl)cc2N2CCN(CCC(F)(F)F)C[C@@H]2C)c(F)c1F. The first kappa shape index (κ1) is 32.5. The molecule has 0 aromatic heterocycles. The molecule has 2 aromatic rings. The first-order valence-corrected chi connectivity index (χ1v) is 13.2. The van der Waals surface area contributed by atoms with Gasteiger partial charge in [0.1, 0.15) is 6.61 Å². The van der Waals surface area contributed by atoms with Crippen molar-refractivity contribution in [3.63, 3.8) is 0 Å². The number of piperazine rings is 1. The average Bonchev–Trinajstić information content (AvgIpc) is 2.91. The van der Waals surface area contributed by atoms with Crippen LogP contribution in [0.2, 0.25) is 5.02 Å². The van der Waals surface area contributed by atoms with Gasteiger partial charge in [0.2, 0.25) is 5.91 Å². The van der Waals surface area contributed by atoms with Crippen LogP contribution in [0.25, 0.3) is 0 Å². The van der Waals surface area contributed by atoms with E-state index in [1.807, 2.05) is 11.8 Å². The zero-order valence-corrected chi connectivity index (χ0v) is 23.4. The van der Waals surface area contributed by atoms with Crippen molar-refractivity contribution >= 4 is 34.8 Å². The van der Waals surface area contributed by atoms with Gasteiger partial charge in [-0.25, -0.2) is 8.78 Å². The van der Waals surface area contributed by atoms with Crippen LogP contribution in [0.4, 0.5) is 33.3 Å². The lowest BCUT2D eigenvalue weighted by atomic mass is 10.1. The molecule has 1 fully saturated rings. The van der Waals surface area contributed by atoms with E-state index in [-0.39, 0.29) is 43.6 Å². The van der Waals surface area contributed by atoms with Gasteiger partial charge in [0.25, 0.3) is 5.91 Å². The summed E-state index contributed by atoms with van der Waals surface area (Å²) >= 11 is 6.20. The highest BCUT2D eigenvalue weighted by molar-refractivity contribution is 6.31. The van der Waals surface area contributed by atoms with Gasteiger partial charge in [0, 0.05) is 56.5 Å². The normalized spacial score (nSPS) is 16.1. The summed E-state index contributed by atoms with van der Waals surface area (Å²) in [6, 6.07) is 6.73. The Morgan fingerprint density at radius 3 is 2.54 bits per heavy atom. The van der Waals surface area contributed by atoms with E-state index in [1.54, 1.807) is 11.0 Å². The fourth-order valence-corrected chi connectivity index (χ4v) is 4.54. The number of rotatable bonds is 12. The van der Waals surface area contributed by atoms with E-state index >= 15 is 0 Å². The Kier molecular flexibility index (Phi) is 11.7. The average molecular weight is 607 g/mol. The Balaban J connectivity index is 1.67. The maximum Gasteiger partial charge on any atom is 0.390 e. The molecule has 1 atom stereocenters. The van der Waals surface area contributed by atoms with Crippen LogP contribution >= 0.6 is 11.6 Å². The molecular weight excluding hydrogens is 575 g/mol. The van der Waals surface area contributed by atoms with Gasteiger partial charge in [-0.15, -0.1) is 0 Å². The molecule has 1 aliphatic heterocycles. The van der Waals surface area contributed by atoms with E-state index in [0.29, 0.717) is 37.0 Å². The number of carbonyl (C=O) groups excluding carboxylic acids is 2. The van der Waals surface area contributed by atoms with Crippen LogP contribution in [0.3, 0.4) is 0 Å². The van der Waals surface area contributed by atoms with E-state index in [1.165, 1.54) is 25.3 Å². The summed E-state index contributed by atoms with van der Waals surface area (Å²) in [6.07, 6.45) is -5.15. The van der Waals surface area contributed by atoms with E-state index in [9.17, 15) is 31.5 Å². The number of hydrogen-bond donors (Lipinski definition) is 2. The number of methoxy groups -OCH3 is 1. The van der Waals surface area contributed by atoms with Crippen molar-refractivity contribution in [2.45, 2.75) is 32.1 Å². The summed E-state index contributed by atoms with van der Waals surface area (Å²) in [5.41, 5.74) is 0.0708. The van der Waals surface area contributed by atoms with Crippen LogP contribution in [0.5, 0.6) is 0 Å². The monoisotopic (exact) mass is 606 g/mol. The number of anilines is 2. The second-order valence-electron chi connectivity index (χ2n) is 9.55. The van der Waals surface area contributed by atoms with Crippen molar-refractivity contribution in [1.29, 1.82) is 0 Å². The Morgan fingerprint density at radius 1 is 1.10 bits per heavy atom. The van der Waals surface area contributed by atoms with Gasteiger partial charge in [-0.1, -0.05) is 17.7 Å². The molecule has 2 N–H and O–H groups in total. The van der Waals surface area contributed by atoms with Crippen molar-refractivity contribution < 1.29 is 41.0 Å². The Bertz CT molecular complexity index is 1220. The zero-order valence-electron chi connectivity index (χ0n) is 22.6. The lowest BCUT2D eigenvalue weighted by Crippen LogP contribution is -2.52. The summed E-state index contributed by atoms with van der Waals surface area (Å²) < 4.78 is 77.5. The van der Waals surface area contributed by atoms with Gasteiger partial charge in [-0.3, -0.25) is 14.5 Å². The second-order valence-corrected chi connectivity index (χ2v) is 9.98. The first-order chi connectivity index (χ1) is 19.4. The molecule has 2 amide bonds. The first-order valence-electron chi connectivity index (χ1n) is 12.9. The van der Waals surface area contributed by atoms with Crippen LogP contribution in [0, 0.1) is 11.6 Å². The number of alkyl halides is 3. The largest absolute Gasteiger partial charge is 0.390 e. The number of nitrogens with one attached hydrogen (secondary N) is 2. The standard InChI is InChI=1S/C27H32ClF5N4O4/c1-17-15-36(8-7-27(31,32)33)9-10-37(17)22-13-19(28)4-6-21(22)35-26(39)20-5-3-18(24(29)25(20)30)14-34-23(38)16-41-12-11-40-2/h3-6,13,17H,7-12,14-16H2,1-2H3,(H,34,38)(H,35,39)/t17-/m0/s1. The van der Waals surface area contributed by atoms with E-state index in [4.69, 9.17) is 21.1 Å². The fourth-order valence-electron chi connectivity index (χ4n) is 4.37. The van der Waals surface area contributed by atoms with Crippen LogP contribution in [-0.2, 0) is 20.8 Å². The molecule has 2 aromatic carbocycles. The molecule has 14 heteroatoms. The minimum Gasteiger partial charge on any atom is -0.382 e. The molecule has 8 nitrogen and oxygen atoms in total. The summed E-state index contributed by atoms with van der Waals surface area (Å²) in [6.45, 7) is 2.70. The molecule has 0 aliphatic carbocycles. The number of nitrogens with zero attached hydrogens (tertiary/aromatic N) is 2. The van der Waals surface area contributed by atoms with Crippen molar-refractivity contribution in [1.82, 2.24) is 10.2 Å². The van der Waals surface area contributed by atoms with Crippen LogP contribution in [0.1, 0.15) is 29.3 Å². The maximum absolute atomic E-state index is 14.9. The maximum atomic E-state index is 14.9. The van der Waals surface area contributed by atoms with Gasteiger partial charge in [-0.05, 0) is 31.2 Å². The fraction of sp³-hybridized carbons (Fsp3) is 0.481. The van der Waals surface area contributed by atoms with E-state index in [2.05, 4.69) is 10.6 Å². The van der Waals surface area contributed by atoms with Crippen molar-refractivity contribution in [3.8, 4) is 0 Å². The highest BCUT2D eigenvalue weighted by atomic mass is 35.5. The molecule has 0 unspecified atom stereocenters. The number of halogens is 6. The minimum atomic E-state index is -4.25. The summed E-state index contributed by atoms with van der Waals surface area (Å²) in [5, 5.41) is 5.37. The third-order valence-electron chi connectivity index (χ3n) is 6.49. The van der Waals surface area contributed by atoms with Crippen LogP contribution in [-0.4, -0.2) is 82.0 Å². The highest BCUT2D eigenvalue weighted by Crippen LogP contribution is 2.33. The number of ether oxygens (including phenoxy) is 2. The molecule has 0 spiro atoms. The highest BCUT2D eigenvalue weighted by Gasteiger charge is 2.31. The van der Waals surface area contributed by atoms with Crippen LogP contribution in [0.15, 0.2) is 30.3 Å². The molecule has 41 heavy (non-hydrogen) atoms. The smallest absolute Gasteiger partial charge is 0.382 e. The molecule has 3 rings (SSSR count). The topological polar surface area (TPSA) is 83.1 Å². The van der Waals surface area contributed by atoms with Gasteiger partial charge in [-0.2, -0.15) is 13.2 Å². The Hall–Kier alpha value is -3.00. The third-order valence-corrected chi connectivity index (χ3v) is 6.72. The number of amides is 2. The van der Waals surface area contributed by atoms with Crippen molar-refractivity contribution in [2.24, 2.45) is 0 Å². The Morgan fingerprint density at radius 2 is 1.85 bits per heavy atom. The molecule has 226 valence electrons.